The second-order valence-corrected chi connectivity index (χ2v) is 8.23. The molecule has 2 rings (SSSR count). The van der Waals surface area contributed by atoms with E-state index in [2.05, 4.69) is 31.2 Å². The second-order valence-electron chi connectivity index (χ2n) is 6.24. The molecule has 6 nitrogen and oxygen atoms in total. The molecule has 0 amide bonds. The number of aryl methyl sites for hydroxylation is 1. The number of aliphatic hydroxyl groups is 1. The van der Waals surface area contributed by atoms with Crippen molar-refractivity contribution in [1.29, 1.82) is 0 Å². The zero-order valence-corrected chi connectivity index (χ0v) is 17.6. The van der Waals surface area contributed by atoms with E-state index >= 15 is 0 Å². The summed E-state index contributed by atoms with van der Waals surface area (Å²) >= 11 is 0. The number of ether oxygens (including phenoxy) is 2. The van der Waals surface area contributed by atoms with Crippen LogP contribution in [0.15, 0.2) is 24.3 Å². The third kappa shape index (κ3) is 9.77. The number of benzene rings is 1. The Balaban J connectivity index is 0.000000412. The van der Waals surface area contributed by atoms with E-state index in [1.807, 2.05) is 0 Å². The largest absolute Gasteiger partial charge is 0.483 e. The summed E-state index contributed by atoms with van der Waals surface area (Å²) in [7, 11) is 3.05. The van der Waals surface area contributed by atoms with Gasteiger partial charge in [-0.05, 0) is 36.3 Å². The molecule has 0 saturated carbocycles. The molecule has 150 valence electrons. The van der Waals surface area contributed by atoms with Crippen molar-refractivity contribution in [3.63, 3.8) is 0 Å². The second kappa shape index (κ2) is 14.3. The summed E-state index contributed by atoms with van der Waals surface area (Å²) in [4.78, 5) is 0. The number of hydrogen-bond donors (Lipinski definition) is 1. The fourth-order valence-electron chi connectivity index (χ4n) is 2.62. The van der Waals surface area contributed by atoms with E-state index in [9.17, 15) is 0 Å². The lowest BCUT2D eigenvalue weighted by Gasteiger charge is -2.15. The van der Waals surface area contributed by atoms with Crippen molar-refractivity contribution in [2.24, 2.45) is 0 Å². The molecule has 7 heteroatoms. The molecule has 0 bridgehead atoms. The van der Waals surface area contributed by atoms with Gasteiger partial charge in [0.1, 0.15) is 6.10 Å². The van der Waals surface area contributed by atoms with E-state index in [0.717, 1.165) is 39.1 Å². The predicted molar refractivity (Wildman–Crippen MR) is 104 cm³/mol. The summed E-state index contributed by atoms with van der Waals surface area (Å²) in [5.41, 5.74) is 2.75. The van der Waals surface area contributed by atoms with Crippen molar-refractivity contribution in [2.45, 2.75) is 38.2 Å². The lowest BCUT2D eigenvalue weighted by molar-refractivity contribution is 0.114. The van der Waals surface area contributed by atoms with Gasteiger partial charge in [0.25, 0.3) is 0 Å². The van der Waals surface area contributed by atoms with Gasteiger partial charge in [0, 0.05) is 34.5 Å². The van der Waals surface area contributed by atoms with Crippen LogP contribution >= 0.6 is 0 Å². The molecule has 1 saturated heterocycles. The van der Waals surface area contributed by atoms with E-state index in [1.54, 1.807) is 21.3 Å². The average Bonchev–Trinajstić information content (AvgIpc) is 3.48. The monoisotopic (exact) mass is 386 g/mol. The highest BCUT2D eigenvalue weighted by molar-refractivity contribution is 6.36. The minimum atomic E-state index is -1.67. The SMILES string of the molecule is CC(CCO)c1ccccc1CCCOCC1CO1.CO[SiH](OC)OC. The third-order valence-electron chi connectivity index (χ3n) is 4.17. The highest BCUT2D eigenvalue weighted by Gasteiger charge is 2.22. The first-order chi connectivity index (χ1) is 12.7. The molecule has 2 atom stereocenters. The maximum absolute atomic E-state index is 9.06. The zero-order valence-electron chi connectivity index (χ0n) is 16.5. The molecule has 1 fully saturated rings. The summed E-state index contributed by atoms with van der Waals surface area (Å²) in [6.07, 6.45) is 3.26. The molecule has 26 heavy (non-hydrogen) atoms. The Kier molecular flexibility index (Phi) is 12.8. The first-order valence-electron chi connectivity index (χ1n) is 9.12. The molecule has 1 heterocycles. The molecule has 0 aromatic heterocycles. The molecule has 1 N–H and O–H groups in total. The third-order valence-corrected chi connectivity index (χ3v) is 5.32. The van der Waals surface area contributed by atoms with Crippen molar-refractivity contribution < 1.29 is 27.9 Å². The van der Waals surface area contributed by atoms with Crippen molar-refractivity contribution in [3.8, 4) is 0 Å². The van der Waals surface area contributed by atoms with E-state index in [1.165, 1.54) is 11.1 Å². The normalized spacial score (nSPS) is 16.9. The number of epoxide rings is 1. The number of rotatable bonds is 12. The van der Waals surface area contributed by atoms with Crippen LogP contribution in [0.1, 0.15) is 36.8 Å². The molecular weight excluding hydrogens is 352 g/mol. The predicted octanol–water partition coefficient (Wildman–Crippen LogP) is 2.16. The molecule has 0 spiro atoms. The van der Waals surface area contributed by atoms with Gasteiger partial charge < -0.3 is 27.9 Å². The van der Waals surface area contributed by atoms with Crippen molar-refractivity contribution >= 4 is 9.53 Å². The average molecular weight is 387 g/mol. The van der Waals surface area contributed by atoms with Crippen LogP contribution in [0, 0.1) is 0 Å². The summed E-state index contributed by atoms with van der Waals surface area (Å²) in [6, 6.07) is 8.53. The first-order valence-corrected chi connectivity index (χ1v) is 10.5. The molecule has 0 aliphatic carbocycles. The van der Waals surface area contributed by atoms with Crippen LogP contribution in [0.25, 0.3) is 0 Å². The summed E-state index contributed by atoms with van der Waals surface area (Å²) in [5.74, 6) is 0.419. The molecule has 1 aromatic rings. The molecular formula is C19H34O6Si. The Bertz CT molecular complexity index is 460. The highest BCUT2D eigenvalue weighted by Crippen LogP contribution is 2.23. The van der Waals surface area contributed by atoms with Crippen LogP contribution in [0.3, 0.4) is 0 Å². The van der Waals surface area contributed by atoms with Crippen molar-refractivity contribution in [2.75, 3.05) is 47.8 Å². The van der Waals surface area contributed by atoms with Gasteiger partial charge in [0.05, 0.1) is 13.2 Å². The van der Waals surface area contributed by atoms with E-state index in [-0.39, 0.29) is 6.61 Å². The van der Waals surface area contributed by atoms with Crippen LogP contribution in [0.5, 0.6) is 0 Å². The summed E-state index contributed by atoms with van der Waals surface area (Å²) < 4.78 is 24.9. The molecule has 0 radical (unpaired) electrons. The topological polar surface area (TPSA) is 69.7 Å². The molecule has 1 aliphatic rings. The Morgan fingerprint density at radius 3 is 2.38 bits per heavy atom. The maximum atomic E-state index is 9.06. The van der Waals surface area contributed by atoms with Gasteiger partial charge in [-0.1, -0.05) is 31.2 Å². The Hall–Kier alpha value is -0.803. The summed E-state index contributed by atoms with van der Waals surface area (Å²) in [6.45, 7) is 4.82. The van der Waals surface area contributed by atoms with Gasteiger partial charge >= 0.3 is 9.53 Å². The van der Waals surface area contributed by atoms with Crippen LogP contribution in [0.2, 0.25) is 0 Å². The van der Waals surface area contributed by atoms with Crippen molar-refractivity contribution in [1.82, 2.24) is 0 Å². The van der Waals surface area contributed by atoms with Crippen molar-refractivity contribution in [3.05, 3.63) is 35.4 Å². The minimum Gasteiger partial charge on any atom is -0.396 e. The van der Waals surface area contributed by atoms with E-state index < -0.39 is 9.53 Å². The van der Waals surface area contributed by atoms with Crippen LogP contribution in [-0.2, 0) is 29.2 Å². The van der Waals surface area contributed by atoms with Gasteiger partial charge in [0.2, 0.25) is 0 Å². The molecule has 1 aliphatic heterocycles. The Morgan fingerprint density at radius 1 is 1.19 bits per heavy atom. The van der Waals surface area contributed by atoms with Crippen LogP contribution in [0.4, 0.5) is 0 Å². The lowest BCUT2D eigenvalue weighted by Crippen LogP contribution is -2.21. The van der Waals surface area contributed by atoms with Gasteiger partial charge in [-0.25, -0.2) is 0 Å². The quantitative estimate of drug-likeness (QED) is 0.337. The smallest absolute Gasteiger partial charge is 0.396 e. The van der Waals surface area contributed by atoms with Gasteiger partial charge in [-0.15, -0.1) is 0 Å². The fraction of sp³-hybridized carbons (Fsp3) is 0.684. The number of hydrogen-bond acceptors (Lipinski definition) is 6. The van der Waals surface area contributed by atoms with Crippen LogP contribution < -0.4 is 0 Å². The number of aliphatic hydroxyl groups excluding tert-OH is 1. The van der Waals surface area contributed by atoms with E-state index in [4.69, 9.17) is 27.9 Å². The summed E-state index contributed by atoms with van der Waals surface area (Å²) in [5, 5.41) is 9.06. The maximum Gasteiger partial charge on any atom is 0.483 e. The Labute approximate surface area is 159 Å². The van der Waals surface area contributed by atoms with Gasteiger partial charge in [-0.3, -0.25) is 0 Å². The van der Waals surface area contributed by atoms with E-state index in [0.29, 0.717) is 12.0 Å². The minimum absolute atomic E-state index is 0.250. The molecule has 1 aromatic carbocycles. The zero-order chi connectivity index (χ0) is 19.2. The fourth-order valence-corrected chi connectivity index (χ4v) is 3.20. The Morgan fingerprint density at radius 2 is 1.85 bits per heavy atom. The standard InChI is InChI=1S/C16H24O3.C3H10O3Si/c1-13(8-9-17)16-7-3-2-5-14(16)6-4-10-18-11-15-12-19-15;1-4-7(5-2)6-3/h2-3,5,7,13,15,17H,4,6,8-12H2,1H3;7H,1-3H3. The van der Waals surface area contributed by atoms with Gasteiger partial charge in [-0.2, -0.15) is 0 Å². The first kappa shape index (κ1) is 23.2. The van der Waals surface area contributed by atoms with Gasteiger partial charge in [0.15, 0.2) is 0 Å². The molecule has 2 unspecified atom stereocenters. The lowest BCUT2D eigenvalue weighted by atomic mass is 9.91. The van der Waals surface area contributed by atoms with Crippen LogP contribution in [-0.4, -0.2) is 68.5 Å². The highest BCUT2D eigenvalue weighted by atomic mass is 28.3.